The molecule has 0 aliphatic carbocycles. The monoisotopic (exact) mass is 422 g/mol. The molecule has 2 aromatic carbocycles. The molecule has 1 N–H and O–H groups in total. The third-order valence-electron chi connectivity index (χ3n) is 3.56. The van der Waals surface area contributed by atoms with Crippen LogP contribution in [0.1, 0.15) is 5.69 Å². The van der Waals surface area contributed by atoms with E-state index in [1.165, 1.54) is 11.8 Å². The second-order valence-electron chi connectivity index (χ2n) is 5.54. The minimum Gasteiger partial charge on any atom is -0.495 e. The number of benzene rings is 2. The summed E-state index contributed by atoms with van der Waals surface area (Å²) in [5, 5.41) is 3.90. The van der Waals surface area contributed by atoms with Crippen molar-refractivity contribution in [3.63, 3.8) is 0 Å². The van der Waals surface area contributed by atoms with Gasteiger partial charge in [0.15, 0.2) is 0 Å². The zero-order valence-electron chi connectivity index (χ0n) is 14.4. The molecule has 0 saturated heterocycles. The fourth-order valence-corrected chi connectivity index (χ4v) is 3.37. The van der Waals surface area contributed by atoms with Gasteiger partial charge in [0, 0.05) is 22.0 Å². The Kier molecular flexibility index (Phi) is 6.66. The van der Waals surface area contributed by atoms with Gasteiger partial charge in [0.2, 0.25) is 11.8 Å². The predicted octanol–water partition coefficient (Wildman–Crippen LogP) is 5.53. The molecular formula is C19H16Cl2N2O3S. The number of thioether (sulfide) groups is 1. The van der Waals surface area contributed by atoms with E-state index in [9.17, 15) is 4.79 Å². The average molecular weight is 423 g/mol. The molecule has 140 valence electrons. The fourth-order valence-electron chi connectivity index (χ4n) is 2.29. The number of halogens is 2. The Morgan fingerprint density at radius 3 is 2.70 bits per heavy atom. The molecule has 1 amide bonds. The number of aromatic nitrogens is 1. The lowest BCUT2D eigenvalue weighted by Crippen LogP contribution is -2.14. The number of hydrogen-bond donors (Lipinski definition) is 1. The van der Waals surface area contributed by atoms with E-state index in [-0.39, 0.29) is 11.7 Å². The van der Waals surface area contributed by atoms with Crippen molar-refractivity contribution in [2.45, 2.75) is 5.75 Å². The molecule has 0 radical (unpaired) electrons. The Morgan fingerprint density at radius 2 is 2.00 bits per heavy atom. The average Bonchev–Trinajstić information content (AvgIpc) is 3.11. The number of carbonyl (C=O) groups is 1. The Morgan fingerprint density at radius 1 is 1.22 bits per heavy atom. The lowest BCUT2D eigenvalue weighted by molar-refractivity contribution is -0.113. The van der Waals surface area contributed by atoms with Gasteiger partial charge >= 0.3 is 0 Å². The summed E-state index contributed by atoms with van der Waals surface area (Å²) in [6.45, 7) is 0. The normalized spacial score (nSPS) is 10.6. The van der Waals surface area contributed by atoms with Crippen LogP contribution in [0.25, 0.3) is 11.5 Å². The number of hydrogen-bond acceptors (Lipinski definition) is 5. The summed E-state index contributed by atoms with van der Waals surface area (Å²) in [6.07, 6.45) is 1.60. The first-order chi connectivity index (χ1) is 13.0. The number of anilines is 1. The largest absolute Gasteiger partial charge is 0.495 e. The third-order valence-corrected chi connectivity index (χ3v) is 5.08. The fraction of sp³-hybridized carbons (Fsp3) is 0.158. The number of rotatable bonds is 7. The van der Waals surface area contributed by atoms with Crippen molar-refractivity contribution in [1.82, 2.24) is 4.98 Å². The van der Waals surface area contributed by atoms with Crippen molar-refractivity contribution in [3.05, 3.63) is 64.5 Å². The van der Waals surface area contributed by atoms with Gasteiger partial charge in [0.05, 0.1) is 23.6 Å². The highest BCUT2D eigenvalue weighted by molar-refractivity contribution is 7.99. The van der Waals surface area contributed by atoms with Crippen LogP contribution in [0.3, 0.4) is 0 Å². The van der Waals surface area contributed by atoms with Gasteiger partial charge in [-0.05, 0) is 42.5 Å². The summed E-state index contributed by atoms with van der Waals surface area (Å²) in [7, 11) is 1.54. The van der Waals surface area contributed by atoms with Crippen LogP contribution in [0.4, 0.5) is 5.69 Å². The van der Waals surface area contributed by atoms with Crippen molar-refractivity contribution in [2.24, 2.45) is 0 Å². The maximum absolute atomic E-state index is 12.1. The van der Waals surface area contributed by atoms with Gasteiger partial charge < -0.3 is 14.5 Å². The zero-order valence-corrected chi connectivity index (χ0v) is 16.7. The second kappa shape index (κ2) is 9.17. The topological polar surface area (TPSA) is 64.4 Å². The van der Waals surface area contributed by atoms with Crippen LogP contribution in [0.2, 0.25) is 10.0 Å². The van der Waals surface area contributed by atoms with Crippen molar-refractivity contribution in [2.75, 3.05) is 18.2 Å². The molecule has 0 fully saturated rings. The van der Waals surface area contributed by atoms with Gasteiger partial charge in [0.25, 0.3) is 0 Å². The van der Waals surface area contributed by atoms with Gasteiger partial charge in [-0.25, -0.2) is 4.98 Å². The van der Waals surface area contributed by atoms with Crippen LogP contribution in [0, 0.1) is 0 Å². The minimum atomic E-state index is -0.123. The predicted molar refractivity (Wildman–Crippen MR) is 110 cm³/mol. The standard InChI is InChI=1S/C19H16Cl2N2O3S/c1-25-17-7-6-14(8-16(17)21)22-18(24)11-27-10-15-9-26-19(23-15)12-2-4-13(20)5-3-12/h2-9H,10-11H2,1H3,(H,22,24). The van der Waals surface area contributed by atoms with Crippen LogP contribution in [0.5, 0.6) is 5.75 Å². The first-order valence-electron chi connectivity index (χ1n) is 7.96. The number of nitrogens with one attached hydrogen (secondary N) is 1. The molecule has 0 spiro atoms. The lowest BCUT2D eigenvalue weighted by Gasteiger charge is -2.07. The highest BCUT2D eigenvalue weighted by atomic mass is 35.5. The molecule has 27 heavy (non-hydrogen) atoms. The molecule has 5 nitrogen and oxygen atoms in total. The van der Waals surface area contributed by atoms with Crippen LogP contribution in [-0.4, -0.2) is 23.8 Å². The van der Waals surface area contributed by atoms with Gasteiger partial charge in [-0.2, -0.15) is 0 Å². The molecule has 3 aromatic rings. The molecule has 3 rings (SSSR count). The summed E-state index contributed by atoms with van der Waals surface area (Å²) in [5.74, 6) is 1.81. The van der Waals surface area contributed by atoms with Crippen LogP contribution in [0.15, 0.2) is 53.1 Å². The van der Waals surface area contributed by atoms with Crippen molar-refractivity contribution in [3.8, 4) is 17.2 Å². The van der Waals surface area contributed by atoms with E-state index in [2.05, 4.69) is 10.3 Å². The second-order valence-corrected chi connectivity index (χ2v) is 7.37. The number of amides is 1. The van der Waals surface area contributed by atoms with E-state index >= 15 is 0 Å². The van der Waals surface area contributed by atoms with E-state index in [0.717, 1.165) is 11.3 Å². The van der Waals surface area contributed by atoms with E-state index in [1.54, 1.807) is 43.7 Å². The Hall–Kier alpha value is -2.15. The van der Waals surface area contributed by atoms with Crippen molar-refractivity contribution < 1.29 is 13.9 Å². The lowest BCUT2D eigenvalue weighted by atomic mass is 10.2. The Bertz CT molecular complexity index is 929. The maximum atomic E-state index is 12.1. The number of carbonyl (C=O) groups excluding carboxylic acids is 1. The van der Waals surface area contributed by atoms with Crippen LogP contribution >= 0.6 is 35.0 Å². The number of ether oxygens (including phenoxy) is 1. The van der Waals surface area contributed by atoms with Gasteiger partial charge in [-0.1, -0.05) is 23.2 Å². The molecule has 0 atom stereocenters. The van der Waals surface area contributed by atoms with Crippen LogP contribution < -0.4 is 10.1 Å². The van der Waals surface area contributed by atoms with Gasteiger partial charge in [-0.3, -0.25) is 4.79 Å². The zero-order chi connectivity index (χ0) is 19.2. The summed E-state index contributed by atoms with van der Waals surface area (Å²) >= 11 is 13.4. The van der Waals surface area contributed by atoms with Crippen LogP contribution in [-0.2, 0) is 10.5 Å². The van der Waals surface area contributed by atoms with Gasteiger partial charge in [0.1, 0.15) is 12.0 Å². The summed E-state index contributed by atoms with van der Waals surface area (Å²) in [6, 6.07) is 12.4. The first-order valence-corrected chi connectivity index (χ1v) is 9.87. The molecule has 0 aliphatic rings. The Balaban J connectivity index is 1.49. The highest BCUT2D eigenvalue weighted by Gasteiger charge is 2.09. The maximum Gasteiger partial charge on any atom is 0.234 e. The van der Waals surface area contributed by atoms with Crippen molar-refractivity contribution in [1.29, 1.82) is 0 Å². The molecule has 0 bridgehead atoms. The van der Waals surface area contributed by atoms with E-state index in [0.29, 0.717) is 33.1 Å². The SMILES string of the molecule is COc1ccc(NC(=O)CSCc2coc(-c3ccc(Cl)cc3)n2)cc1Cl. The Labute approximate surface area is 171 Å². The molecule has 1 aromatic heterocycles. The molecule has 8 heteroatoms. The summed E-state index contributed by atoms with van der Waals surface area (Å²) in [4.78, 5) is 16.5. The third kappa shape index (κ3) is 5.42. The van der Waals surface area contributed by atoms with E-state index in [4.69, 9.17) is 32.4 Å². The molecule has 0 unspecified atom stereocenters. The number of oxazole rings is 1. The first kappa shape index (κ1) is 19.6. The minimum absolute atomic E-state index is 0.123. The molecule has 1 heterocycles. The molecular weight excluding hydrogens is 407 g/mol. The van der Waals surface area contributed by atoms with E-state index in [1.807, 2.05) is 12.1 Å². The van der Waals surface area contributed by atoms with E-state index < -0.39 is 0 Å². The summed E-state index contributed by atoms with van der Waals surface area (Å²) in [5.41, 5.74) is 2.24. The smallest absolute Gasteiger partial charge is 0.234 e. The highest BCUT2D eigenvalue weighted by Crippen LogP contribution is 2.27. The number of nitrogens with zero attached hydrogens (tertiary/aromatic N) is 1. The number of methoxy groups -OCH3 is 1. The molecule has 0 aliphatic heterocycles. The van der Waals surface area contributed by atoms with Crippen molar-refractivity contribution >= 4 is 46.6 Å². The molecule has 0 saturated carbocycles. The summed E-state index contributed by atoms with van der Waals surface area (Å²) < 4.78 is 10.6. The van der Waals surface area contributed by atoms with Gasteiger partial charge in [-0.15, -0.1) is 11.8 Å². The quantitative estimate of drug-likeness (QED) is 0.542.